The summed E-state index contributed by atoms with van der Waals surface area (Å²) in [6, 6.07) is 5.77. The molecule has 1 saturated carbocycles. The monoisotopic (exact) mass is 313 g/mol. The number of anilines is 1. The summed E-state index contributed by atoms with van der Waals surface area (Å²) >= 11 is 0. The summed E-state index contributed by atoms with van der Waals surface area (Å²) in [4.78, 5) is 32.8. The van der Waals surface area contributed by atoms with Gasteiger partial charge in [-0.2, -0.15) is 0 Å². The van der Waals surface area contributed by atoms with Crippen LogP contribution in [-0.2, 0) is 0 Å². The molecule has 0 spiro atoms. The van der Waals surface area contributed by atoms with E-state index < -0.39 is 0 Å². The summed E-state index contributed by atoms with van der Waals surface area (Å²) in [7, 11) is 0. The van der Waals surface area contributed by atoms with Crippen molar-refractivity contribution >= 4 is 11.9 Å². The molecule has 1 atom stereocenters. The quantitative estimate of drug-likeness (QED) is 0.887. The summed E-state index contributed by atoms with van der Waals surface area (Å²) in [5.74, 6) is 0.245. The van der Waals surface area contributed by atoms with Gasteiger partial charge in [0.15, 0.2) is 0 Å². The van der Waals surface area contributed by atoms with Crippen LogP contribution in [0.2, 0.25) is 0 Å². The first kappa shape index (κ1) is 14.0. The molecule has 3 N–H and O–H groups in total. The number of hydrogen-bond acceptors (Lipinski definition) is 4. The second-order valence-electron chi connectivity index (χ2n) is 6.32. The molecule has 4 rings (SSSR count). The van der Waals surface area contributed by atoms with Gasteiger partial charge in [-0.15, -0.1) is 0 Å². The Labute approximate surface area is 133 Å². The van der Waals surface area contributed by atoms with E-state index in [0.29, 0.717) is 24.8 Å². The van der Waals surface area contributed by atoms with Gasteiger partial charge in [-0.1, -0.05) is 0 Å². The number of likely N-dealkylation sites (tertiary alicyclic amines) is 1. The second-order valence-corrected chi connectivity index (χ2v) is 6.32. The highest BCUT2D eigenvalue weighted by Crippen LogP contribution is 2.36. The van der Waals surface area contributed by atoms with Crippen LogP contribution in [0.3, 0.4) is 0 Å². The van der Waals surface area contributed by atoms with Crippen LogP contribution in [0.1, 0.15) is 47.4 Å². The van der Waals surface area contributed by atoms with Gasteiger partial charge in [0.1, 0.15) is 5.69 Å². The lowest BCUT2D eigenvalue weighted by atomic mass is 10.1. The van der Waals surface area contributed by atoms with Crippen LogP contribution in [-0.4, -0.2) is 38.4 Å². The molecule has 0 aromatic carbocycles. The minimum Gasteiger partial charge on any atom is -0.369 e. The van der Waals surface area contributed by atoms with Gasteiger partial charge in [0, 0.05) is 37.3 Å². The molecule has 1 aliphatic heterocycles. The molecule has 1 unspecified atom stereocenters. The first-order chi connectivity index (χ1) is 11.1. The summed E-state index contributed by atoms with van der Waals surface area (Å²) in [5.41, 5.74) is 6.78. The van der Waals surface area contributed by atoms with Gasteiger partial charge in [0.25, 0.3) is 11.5 Å². The van der Waals surface area contributed by atoms with E-state index in [-0.39, 0.29) is 23.3 Å². The van der Waals surface area contributed by atoms with Crippen LogP contribution >= 0.6 is 0 Å². The molecule has 3 heterocycles. The summed E-state index contributed by atoms with van der Waals surface area (Å²) < 4.78 is 2.08. The van der Waals surface area contributed by atoms with Crippen LogP contribution in [0, 0.1) is 0 Å². The smallest absolute Gasteiger partial charge is 0.270 e. The van der Waals surface area contributed by atoms with E-state index in [4.69, 9.17) is 5.73 Å². The minimum atomic E-state index is -0.250. The van der Waals surface area contributed by atoms with Crippen LogP contribution < -0.4 is 11.3 Å². The molecule has 2 aliphatic rings. The van der Waals surface area contributed by atoms with Gasteiger partial charge in [-0.3, -0.25) is 14.6 Å². The molecule has 7 heteroatoms. The van der Waals surface area contributed by atoms with Crippen LogP contribution in [0.5, 0.6) is 0 Å². The summed E-state index contributed by atoms with van der Waals surface area (Å²) in [6.45, 7) is 1.25. The lowest BCUT2D eigenvalue weighted by Crippen LogP contribution is -2.30. The maximum atomic E-state index is 12.8. The van der Waals surface area contributed by atoms with Gasteiger partial charge < -0.3 is 15.2 Å². The number of hydrogen-bond donors (Lipinski definition) is 2. The summed E-state index contributed by atoms with van der Waals surface area (Å²) in [6.07, 6.45) is 5.07. The first-order valence-electron chi connectivity index (χ1n) is 7.94. The minimum absolute atomic E-state index is 0.0576. The van der Waals surface area contributed by atoms with Gasteiger partial charge in [0.05, 0.1) is 5.69 Å². The molecule has 2 aromatic heterocycles. The molecule has 1 amide bonds. The second kappa shape index (κ2) is 5.26. The Bertz CT molecular complexity index is 805. The molecule has 1 aliphatic carbocycles. The number of nitrogens with two attached hydrogens (primary N) is 1. The van der Waals surface area contributed by atoms with E-state index in [1.54, 1.807) is 0 Å². The first-order valence-corrected chi connectivity index (χ1v) is 7.94. The highest BCUT2D eigenvalue weighted by molar-refractivity contribution is 5.93. The number of rotatable bonds is 3. The Balaban J connectivity index is 1.52. The van der Waals surface area contributed by atoms with Gasteiger partial charge in [-0.05, 0) is 31.4 Å². The standard InChI is InChI=1S/C16H19N5O2/c17-16-18-12(8-14(22)19-16)10-5-7-20(9-10)15(23)13-2-1-6-21(13)11-3-4-11/h1-2,6,8,10-11H,3-5,7,9H2,(H3,17,18,19,22). The van der Waals surface area contributed by atoms with E-state index >= 15 is 0 Å². The predicted octanol–water partition coefficient (Wildman–Crippen LogP) is 1.12. The van der Waals surface area contributed by atoms with Crippen molar-refractivity contribution in [1.82, 2.24) is 19.4 Å². The number of aromatic nitrogens is 3. The Morgan fingerprint density at radius 2 is 2.17 bits per heavy atom. The lowest BCUT2D eigenvalue weighted by molar-refractivity contribution is 0.0779. The van der Waals surface area contributed by atoms with Crippen molar-refractivity contribution in [3.8, 4) is 0 Å². The molecule has 120 valence electrons. The molecule has 1 saturated heterocycles. The third kappa shape index (κ3) is 2.62. The van der Waals surface area contributed by atoms with Crippen molar-refractivity contribution in [3.05, 3.63) is 46.1 Å². The zero-order valence-corrected chi connectivity index (χ0v) is 12.7. The number of amides is 1. The Kier molecular flexibility index (Phi) is 3.21. The Morgan fingerprint density at radius 3 is 2.91 bits per heavy atom. The SMILES string of the molecule is Nc1nc(C2CCN(C(=O)c3cccn3C3CC3)C2)cc(=O)[nH]1. The Morgan fingerprint density at radius 1 is 1.35 bits per heavy atom. The van der Waals surface area contributed by atoms with Gasteiger partial charge in [-0.25, -0.2) is 4.98 Å². The normalized spacial score (nSPS) is 20.9. The lowest BCUT2D eigenvalue weighted by Gasteiger charge is -2.18. The highest BCUT2D eigenvalue weighted by atomic mass is 16.2. The molecule has 2 aromatic rings. The van der Waals surface area contributed by atoms with E-state index in [1.807, 2.05) is 23.2 Å². The van der Waals surface area contributed by atoms with E-state index in [2.05, 4.69) is 14.5 Å². The number of carbonyl (C=O) groups excluding carboxylic acids is 1. The molecule has 7 nitrogen and oxygen atoms in total. The predicted molar refractivity (Wildman–Crippen MR) is 85.2 cm³/mol. The van der Waals surface area contributed by atoms with Crippen molar-refractivity contribution < 1.29 is 4.79 Å². The molecular formula is C16H19N5O2. The number of aromatic amines is 1. The average Bonchev–Trinajstić information content (AvgIpc) is 3.05. The molecule has 0 bridgehead atoms. The maximum Gasteiger partial charge on any atom is 0.270 e. The number of nitrogens with zero attached hydrogens (tertiary/aromatic N) is 3. The number of H-pyrrole nitrogens is 1. The maximum absolute atomic E-state index is 12.8. The third-order valence-corrected chi connectivity index (χ3v) is 4.61. The Hall–Kier alpha value is -2.57. The largest absolute Gasteiger partial charge is 0.369 e. The molecule has 23 heavy (non-hydrogen) atoms. The fourth-order valence-electron chi connectivity index (χ4n) is 3.30. The fourth-order valence-corrected chi connectivity index (χ4v) is 3.30. The molecule has 2 fully saturated rings. The topological polar surface area (TPSA) is 97.0 Å². The van der Waals surface area contributed by atoms with Crippen molar-refractivity contribution in [2.24, 2.45) is 0 Å². The van der Waals surface area contributed by atoms with E-state index in [9.17, 15) is 9.59 Å². The average molecular weight is 313 g/mol. The van der Waals surface area contributed by atoms with E-state index in [1.165, 1.54) is 6.07 Å². The van der Waals surface area contributed by atoms with Crippen molar-refractivity contribution in [2.75, 3.05) is 18.8 Å². The molecule has 0 radical (unpaired) electrons. The van der Waals surface area contributed by atoms with Gasteiger partial charge >= 0.3 is 0 Å². The van der Waals surface area contributed by atoms with Crippen LogP contribution in [0.15, 0.2) is 29.2 Å². The number of carbonyl (C=O) groups is 1. The van der Waals surface area contributed by atoms with Crippen LogP contribution in [0.25, 0.3) is 0 Å². The van der Waals surface area contributed by atoms with Crippen molar-refractivity contribution in [2.45, 2.75) is 31.2 Å². The fraction of sp³-hybridized carbons (Fsp3) is 0.438. The van der Waals surface area contributed by atoms with Crippen LogP contribution in [0.4, 0.5) is 5.95 Å². The zero-order chi connectivity index (χ0) is 16.0. The van der Waals surface area contributed by atoms with Gasteiger partial charge in [0.2, 0.25) is 5.95 Å². The summed E-state index contributed by atoms with van der Waals surface area (Å²) in [5, 5.41) is 0. The number of nitrogens with one attached hydrogen (secondary N) is 1. The highest BCUT2D eigenvalue weighted by Gasteiger charge is 2.32. The van der Waals surface area contributed by atoms with Crippen molar-refractivity contribution in [1.29, 1.82) is 0 Å². The van der Waals surface area contributed by atoms with Crippen molar-refractivity contribution in [3.63, 3.8) is 0 Å². The zero-order valence-electron chi connectivity index (χ0n) is 12.7. The molecular weight excluding hydrogens is 294 g/mol. The number of nitrogen functional groups attached to an aromatic ring is 1. The third-order valence-electron chi connectivity index (χ3n) is 4.61. The van der Waals surface area contributed by atoms with E-state index in [0.717, 1.165) is 25.0 Å².